The zero-order valence-corrected chi connectivity index (χ0v) is 19.4. The maximum Gasteiger partial charge on any atom is 0.243 e. The summed E-state index contributed by atoms with van der Waals surface area (Å²) in [6, 6.07) is 26.8. The van der Waals surface area contributed by atoms with Gasteiger partial charge in [-0.05, 0) is 42.2 Å². The molecule has 0 fully saturated rings. The minimum atomic E-state index is -0.599. The minimum Gasteiger partial charge on any atom is -0.497 e. The molecule has 3 rings (SSSR count). The van der Waals surface area contributed by atoms with Gasteiger partial charge in [0.25, 0.3) is 0 Å². The number of rotatable bonds is 11. The molecule has 0 heterocycles. The van der Waals surface area contributed by atoms with Gasteiger partial charge in [0.15, 0.2) is 0 Å². The first-order valence-corrected chi connectivity index (χ1v) is 11.4. The fourth-order valence-electron chi connectivity index (χ4n) is 3.81. The third-order valence-electron chi connectivity index (χ3n) is 5.60. The highest BCUT2D eigenvalue weighted by Gasteiger charge is 2.29. The fourth-order valence-corrected chi connectivity index (χ4v) is 3.81. The lowest BCUT2D eigenvalue weighted by atomic mass is 10.0. The first-order valence-electron chi connectivity index (χ1n) is 11.4. The first kappa shape index (κ1) is 24.1. The zero-order chi connectivity index (χ0) is 23.5. The molecule has 0 radical (unpaired) electrons. The van der Waals surface area contributed by atoms with Gasteiger partial charge in [0.1, 0.15) is 11.8 Å². The lowest BCUT2D eigenvalue weighted by Gasteiger charge is -2.31. The van der Waals surface area contributed by atoms with Crippen LogP contribution in [-0.4, -0.2) is 36.4 Å². The predicted molar refractivity (Wildman–Crippen MR) is 131 cm³/mol. The van der Waals surface area contributed by atoms with Gasteiger partial charge in [-0.3, -0.25) is 9.59 Å². The van der Waals surface area contributed by atoms with Crippen LogP contribution in [0.5, 0.6) is 5.75 Å². The average Bonchev–Trinajstić information content (AvgIpc) is 2.86. The number of carbonyl (C=O) groups excluding carboxylic acids is 2. The van der Waals surface area contributed by atoms with E-state index in [2.05, 4.69) is 5.32 Å². The maximum absolute atomic E-state index is 13.5. The van der Waals surface area contributed by atoms with Crippen molar-refractivity contribution >= 4 is 11.8 Å². The van der Waals surface area contributed by atoms with Gasteiger partial charge in [-0.15, -0.1) is 0 Å². The van der Waals surface area contributed by atoms with E-state index in [9.17, 15) is 9.59 Å². The van der Waals surface area contributed by atoms with E-state index in [1.54, 1.807) is 12.0 Å². The number of hydrogen-bond donors (Lipinski definition) is 1. The molecule has 2 amide bonds. The van der Waals surface area contributed by atoms with Crippen LogP contribution in [0.1, 0.15) is 30.0 Å². The van der Waals surface area contributed by atoms with E-state index < -0.39 is 6.04 Å². The van der Waals surface area contributed by atoms with Crippen LogP contribution in [0.4, 0.5) is 0 Å². The summed E-state index contributed by atoms with van der Waals surface area (Å²) in [5.41, 5.74) is 3.07. The highest BCUT2D eigenvalue weighted by atomic mass is 16.5. The molecule has 5 heteroatoms. The second-order valence-electron chi connectivity index (χ2n) is 7.96. The van der Waals surface area contributed by atoms with Crippen LogP contribution in [-0.2, 0) is 29.0 Å². The predicted octanol–water partition coefficient (Wildman–Crippen LogP) is 4.40. The summed E-state index contributed by atoms with van der Waals surface area (Å²) >= 11 is 0. The van der Waals surface area contributed by atoms with Gasteiger partial charge in [0, 0.05) is 25.9 Å². The molecule has 1 unspecified atom stereocenters. The molecule has 0 aliphatic carbocycles. The molecule has 1 atom stereocenters. The molecule has 0 bridgehead atoms. The number of nitrogens with one attached hydrogen (secondary N) is 1. The summed E-state index contributed by atoms with van der Waals surface area (Å²) in [6.45, 7) is 2.76. The van der Waals surface area contributed by atoms with Crippen LogP contribution < -0.4 is 10.1 Å². The van der Waals surface area contributed by atoms with Gasteiger partial charge < -0.3 is 15.0 Å². The van der Waals surface area contributed by atoms with E-state index in [0.29, 0.717) is 32.4 Å². The molecule has 1 N–H and O–H groups in total. The highest BCUT2D eigenvalue weighted by molar-refractivity contribution is 5.88. The smallest absolute Gasteiger partial charge is 0.243 e. The topological polar surface area (TPSA) is 58.6 Å². The van der Waals surface area contributed by atoms with Crippen molar-refractivity contribution < 1.29 is 14.3 Å². The van der Waals surface area contributed by atoms with Crippen molar-refractivity contribution in [2.45, 2.75) is 38.8 Å². The van der Waals surface area contributed by atoms with Crippen molar-refractivity contribution in [1.29, 1.82) is 0 Å². The molecule has 33 heavy (non-hydrogen) atoms. The second kappa shape index (κ2) is 12.4. The summed E-state index contributed by atoms with van der Waals surface area (Å²) in [6.07, 6.45) is 1.43. The molecule has 3 aromatic rings. The molecule has 0 aliphatic rings. The van der Waals surface area contributed by atoms with E-state index >= 15 is 0 Å². The molecule has 0 spiro atoms. The van der Waals surface area contributed by atoms with Crippen molar-refractivity contribution in [3.05, 3.63) is 102 Å². The van der Waals surface area contributed by atoms with Gasteiger partial charge in [-0.2, -0.15) is 0 Å². The molecule has 0 aliphatic heterocycles. The molecule has 0 saturated heterocycles. The van der Waals surface area contributed by atoms with Gasteiger partial charge in [0.05, 0.1) is 7.11 Å². The summed E-state index contributed by atoms with van der Waals surface area (Å²) in [5.74, 6) is 0.579. The van der Waals surface area contributed by atoms with E-state index in [1.165, 1.54) is 0 Å². The summed E-state index contributed by atoms with van der Waals surface area (Å²) in [4.78, 5) is 28.4. The normalized spacial score (nSPS) is 11.5. The van der Waals surface area contributed by atoms with Gasteiger partial charge in [-0.1, -0.05) is 72.8 Å². The zero-order valence-electron chi connectivity index (χ0n) is 19.4. The fraction of sp³-hybridized carbons (Fsp3) is 0.286. The van der Waals surface area contributed by atoms with Crippen LogP contribution in [0.2, 0.25) is 0 Å². The number of ether oxygens (including phenoxy) is 1. The van der Waals surface area contributed by atoms with E-state index in [4.69, 9.17) is 4.74 Å². The van der Waals surface area contributed by atoms with Crippen LogP contribution in [0.3, 0.4) is 0 Å². The van der Waals surface area contributed by atoms with Crippen molar-refractivity contribution in [3.8, 4) is 5.75 Å². The second-order valence-corrected chi connectivity index (χ2v) is 7.96. The number of hydrogen-bond acceptors (Lipinski definition) is 3. The number of carbonyl (C=O) groups is 2. The third kappa shape index (κ3) is 7.21. The molecule has 0 aromatic heterocycles. The molecular weight excluding hydrogens is 412 g/mol. The van der Waals surface area contributed by atoms with Gasteiger partial charge >= 0.3 is 0 Å². The Labute approximate surface area is 196 Å². The Morgan fingerprint density at radius 2 is 1.45 bits per heavy atom. The Kier molecular flexibility index (Phi) is 9.07. The summed E-state index contributed by atoms with van der Waals surface area (Å²) < 4.78 is 5.26. The molecule has 3 aromatic carbocycles. The quantitative estimate of drug-likeness (QED) is 0.477. The van der Waals surface area contributed by atoms with Gasteiger partial charge in [-0.25, -0.2) is 0 Å². The standard InChI is InChI=1S/C28H32N2O3/c1-3-29-28(32)26(20-23-12-8-5-9-13-23)30(21-24-14-17-25(33-2)18-15-24)27(31)19-16-22-10-6-4-7-11-22/h4-15,17-18,26H,3,16,19-21H2,1-2H3,(H,29,32). The molecule has 5 nitrogen and oxygen atoms in total. The van der Waals surface area contributed by atoms with Gasteiger partial charge in [0.2, 0.25) is 11.8 Å². The number of methoxy groups -OCH3 is 1. The van der Waals surface area contributed by atoms with E-state index in [0.717, 1.165) is 22.4 Å². The number of nitrogens with zero attached hydrogens (tertiary/aromatic N) is 1. The average molecular weight is 445 g/mol. The molecule has 172 valence electrons. The van der Waals surface area contributed by atoms with Crippen molar-refractivity contribution in [3.63, 3.8) is 0 Å². The van der Waals surface area contributed by atoms with E-state index in [-0.39, 0.29) is 11.8 Å². The maximum atomic E-state index is 13.5. The summed E-state index contributed by atoms with van der Waals surface area (Å²) in [7, 11) is 1.62. The molecule has 0 saturated carbocycles. The number of benzene rings is 3. The third-order valence-corrected chi connectivity index (χ3v) is 5.60. The monoisotopic (exact) mass is 444 g/mol. The number of aryl methyl sites for hydroxylation is 1. The first-order chi connectivity index (χ1) is 16.1. The Balaban J connectivity index is 1.87. The van der Waals surface area contributed by atoms with Crippen molar-refractivity contribution in [2.75, 3.05) is 13.7 Å². The minimum absolute atomic E-state index is 0.0399. The van der Waals surface area contributed by atoms with Crippen LogP contribution >= 0.6 is 0 Å². The largest absolute Gasteiger partial charge is 0.497 e. The Morgan fingerprint density at radius 1 is 0.848 bits per heavy atom. The Morgan fingerprint density at radius 3 is 2.03 bits per heavy atom. The lowest BCUT2D eigenvalue weighted by molar-refractivity contribution is -0.141. The van der Waals surface area contributed by atoms with Crippen LogP contribution in [0.15, 0.2) is 84.9 Å². The number of likely N-dealkylation sites (N-methyl/N-ethyl adjacent to an activating group) is 1. The molecular formula is C28H32N2O3. The highest BCUT2D eigenvalue weighted by Crippen LogP contribution is 2.19. The van der Waals surface area contributed by atoms with Crippen LogP contribution in [0, 0.1) is 0 Å². The Hall–Kier alpha value is -3.60. The van der Waals surface area contributed by atoms with Crippen molar-refractivity contribution in [1.82, 2.24) is 10.2 Å². The SMILES string of the molecule is CCNC(=O)C(Cc1ccccc1)N(Cc1ccc(OC)cc1)C(=O)CCc1ccccc1. The summed E-state index contributed by atoms with van der Waals surface area (Å²) in [5, 5.41) is 2.93. The Bertz CT molecular complexity index is 1000. The lowest BCUT2D eigenvalue weighted by Crippen LogP contribution is -2.50. The van der Waals surface area contributed by atoms with E-state index in [1.807, 2.05) is 91.9 Å². The number of amides is 2. The van der Waals surface area contributed by atoms with Crippen LogP contribution in [0.25, 0.3) is 0 Å². The van der Waals surface area contributed by atoms with Crippen molar-refractivity contribution in [2.24, 2.45) is 0 Å².